The summed E-state index contributed by atoms with van der Waals surface area (Å²) >= 11 is 0. The fraction of sp³-hybridized carbons (Fsp3) is 0.119. The molecule has 0 radical (unpaired) electrons. The molecule has 63 heavy (non-hydrogen) atoms. The first kappa shape index (κ1) is 39.9. The monoisotopic (exact) mass is 820 g/mol. The van der Waals surface area contributed by atoms with E-state index < -0.39 is 5.41 Å². The molecule has 308 valence electrons. The van der Waals surface area contributed by atoms with Gasteiger partial charge in [-0.1, -0.05) is 159 Å². The highest BCUT2D eigenvalue weighted by Gasteiger charge is 2.30. The Labute approximate surface area is 368 Å². The van der Waals surface area contributed by atoms with Gasteiger partial charge < -0.3 is 19.7 Å². The lowest BCUT2D eigenvalue weighted by molar-refractivity contribution is 0.202. The zero-order chi connectivity index (χ0) is 42.9. The number of rotatable bonds is 12. The van der Waals surface area contributed by atoms with Crippen molar-refractivity contribution in [3.63, 3.8) is 0 Å². The molecule has 0 fully saturated rings. The third-order valence-electron chi connectivity index (χ3n) is 12.5. The molecule has 0 aliphatic heterocycles. The third kappa shape index (κ3) is 7.69. The highest BCUT2D eigenvalue weighted by atomic mass is 16.5. The van der Waals surface area contributed by atoms with Crippen LogP contribution in [0.5, 0.6) is 11.5 Å². The molecule has 2 N–H and O–H groups in total. The van der Waals surface area contributed by atoms with Crippen molar-refractivity contribution in [3.8, 4) is 56.0 Å². The fourth-order valence-corrected chi connectivity index (χ4v) is 9.04. The van der Waals surface area contributed by atoms with Crippen LogP contribution in [-0.4, -0.2) is 36.6 Å². The van der Waals surface area contributed by atoms with Gasteiger partial charge in [0.1, 0.15) is 24.7 Å². The predicted octanol–water partition coefficient (Wildman–Crippen LogP) is 14.0. The van der Waals surface area contributed by atoms with Crippen LogP contribution in [0, 0.1) is 0 Å². The number of hydrogen-bond acceptors (Lipinski definition) is 4. The van der Waals surface area contributed by atoms with Crippen molar-refractivity contribution < 1.29 is 19.7 Å². The van der Waals surface area contributed by atoms with Gasteiger partial charge in [-0.25, -0.2) is 0 Å². The van der Waals surface area contributed by atoms with Gasteiger partial charge in [0.25, 0.3) is 0 Å². The van der Waals surface area contributed by atoms with E-state index in [0.717, 1.165) is 110 Å². The number of fused-ring (bicyclic) bond motifs is 4. The molecule has 0 heterocycles. The molecule has 0 aliphatic rings. The molecule has 4 nitrogen and oxygen atoms in total. The van der Waals surface area contributed by atoms with Gasteiger partial charge in [0, 0.05) is 27.7 Å². The summed E-state index contributed by atoms with van der Waals surface area (Å²) in [4.78, 5) is 0. The Morgan fingerprint density at radius 2 is 0.587 bits per heavy atom. The summed E-state index contributed by atoms with van der Waals surface area (Å²) in [5.41, 5.74) is 9.57. The standard InChI is InChI=1S/C59H48O4/c1-59(2,51-35-53(47-23-19-39-11-3-7-15-43(39)31-47)57(62-29-27-60)54(36-51)48-24-20-40-12-4-8-16-44(40)32-48)52-37-55(49-25-21-41-13-5-9-17-45(41)33-49)58(63-30-28-61)56(38-52)50-26-22-42-14-6-10-18-46(42)34-50/h3-26,31-38,60-61H,27-30H2,1-2H3. The molecule has 0 amide bonds. The maximum Gasteiger partial charge on any atom is 0.135 e. The fourth-order valence-electron chi connectivity index (χ4n) is 9.04. The first-order valence-corrected chi connectivity index (χ1v) is 21.7. The molecule has 4 heteroatoms. The molecule has 0 unspecified atom stereocenters. The van der Waals surface area contributed by atoms with Crippen LogP contribution >= 0.6 is 0 Å². The first-order chi connectivity index (χ1) is 30.9. The van der Waals surface area contributed by atoms with Crippen LogP contribution in [0.4, 0.5) is 0 Å². The number of aliphatic hydroxyl groups excluding tert-OH is 2. The van der Waals surface area contributed by atoms with Gasteiger partial charge in [-0.3, -0.25) is 0 Å². The topological polar surface area (TPSA) is 58.9 Å². The second-order valence-electron chi connectivity index (χ2n) is 16.8. The van der Waals surface area contributed by atoms with Gasteiger partial charge in [0.2, 0.25) is 0 Å². The molecular formula is C59H48O4. The molecule has 10 aromatic rings. The van der Waals surface area contributed by atoms with Crippen LogP contribution in [0.1, 0.15) is 25.0 Å². The summed E-state index contributed by atoms with van der Waals surface area (Å²) in [6, 6.07) is 69.1. The van der Waals surface area contributed by atoms with Crippen molar-refractivity contribution >= 4 is 43.1 Å². The zero-order valence-electron chi connectivity index (χ0n) is 35.5. The zero-order valence-corrected chi connectivity index (χ0v) is 35.5. The van der Waals surface area contributed by atoms with Crippen LogP contribution in [0.15, 0.2) is 194 Å². The molecule has 0 saturated carbocycles. The lowest BCUT2D eigenvalue weighted by atomic mass is 9.74. The second kappa shape index (κ2) is 16.9. The summed E-state index contributed by atoms with van der Waals surface area (Å²) < 4.78 is 13.2. The Bertz CT molecular complexity index is 2890. The Hall–Kier alpha value is -7.24. The van der Waals surface area contributed by atoms with Crippen LogP contribution < -0.4 is 9.47 Å². The average Bonchev–Trinajstić information content (AvgIpc) is 3.33. The van der Waals surface area contributed by atoms with Crippen LogP contribution in [0.3, 0.4) is 0 Å². The first-order valence-electron chi connectivity index (χ1n) is 21.7. The SMILES string of the molecule is CC(C)(c1cc(-c2ccc3ccccc3c2)c(OCCO)c(-c2ccc3ccccc3c2)c1)c1cc(-c2ccc3ccccc3c2)c(OCCO)c(-c2ccc3ccccc3c2)c1. The minimum Gasteiger partial charge on any atom is -0.490 e. The van der Waals surface area contributed by atoms with E-state index >= 15 is 0 Å². The average molecular weight is 821 g/mol. The van der Waals surface area contributed by atoms with Crippen LogP contribution in [0.25, 0.3) is 87.6 Å². The van der Waals surface area contributed by atoms with Crippen molar-refractivity contribution in [1.29, 1.82) is 0 Å². The van der Waals surface area contributed by atoms with Gasteiger partial charge in [0.05, 0.1) is 13.2 Å². The normalized spacial score (nSPS) is 11.7. The van der Waals surface area contributed by atoms with Crippen molar-refractivity contribution in [3.05, 3.63) is 205 Å². The molecular weight excluding hydrogens is 773 g/mol. The molecule has 0 bridgehead atoms. The summed E-state index contributed by atoms with van der Waals surface area (Å²) in [5, 5.41) is 29.5. The van der Waals surface area contributed by atoms with E-state index in [1.54, 1.807) is 0 Å². The van der Waals surface area contributed by atoms with Crippen LogP contribution in [-0.2, 0) is 5.41 Å². The van der Waals surface area contributed by atoms with Gasteiger partial charge >= 0.3 is 0 Å². The van der Waals surface area contributed by atoms with Crippen molar-refractivity contribution in [1.82, 2.24) is 0 Å². The maximum absolute atomic E-state index is 10.1. The van der Waals surface area contributed by atoms with Crippen LogP contribution in [0.2, 0.25) is 0 Å². The largest absolute Gasteiger partial charge is 0.490 e. The third-order valence-corrected chi connectivity index (χ3v) is 12.5. The number of aliphatic hydroxyl groups is 2. The highest BCUT2D eigenvalue weighted by molar-refractivity contribution is 5.96. The van der Waals surface area contributed by atoms with Crippen molar-refractivity contribution in [2.45, 2.75) is 19.3 Å². The second-order valence-corrected chi connectivity index (χ2v) is 16.8. The van der Waals surface area contributed by atoms with Gasteiger partial charge in [-0.05, 0) is 125 Å². The summed E-state index contributed by atoms with van der Waals surface area (Å²) in [6.45, 7) is 4.68. The molecule has 0 spiro atoms. The van der Waals surface area contributed by atoms with E-state index in [2.05, 4.69) is 208 Å². The van der Waals surface area contributed by atoms with E-state index in [1.807, 2.05) is 0 Å². The lowest BCUT2D eigenvalue weighted by Crippen LogP contribution is -2.20. The Kier molecular flexibility index (Phi) is 10.7. The molecule has 10 aromatic carbocycles. The van der Waals surface area contributed by atoms with E-state index in [9.17, 15) is 10.2 Å². The van der Waals surface area contributed by atoms with E-state index in [0.29, 0.717) is 0 Å². The number of ether oxygens (including phenoxy) is 2. The van der Waals surface area contributed by atoms with Crippen molar-refractivity contribution in [2.24, 2.45) is 0 Å². The molecule has 0 aliphatic carbocycles. The molecule has 10 rings (SSSR count). The van der Waals surface area contributed by atoms with E-state index in [1.165, 1.54) is 0 Å². The Balaban J connectivity index is 1.25. The lowest BCUT2D eigenvalue weighted by Gasteiger charge is -2.31. The summed E-state index contributed by atoms with van der Waals surface area (Å²) in [5.74, 6) is 1.46. The molecule has 0 saturated heterocycles. The predicted molar refractivity (Wildman–Crippen MR) is 262 cm³/mol. The van der Waals surface area contributed by atoms with E-state index in [-0.39, 0.29) is 26.4 Å². The Morgan fingerprint density at radius 3 is 0.841 bits per heavy atom. The summed E-state index contributed by atoms with van der Waals surface area (Å²) in [7, 11) is 0. The van der Waals surface area contributed by atoms with Gasteiger partial charge in [-0.15, -0.1) is 0 Å². The quantitative estimate of drug-likeness (QED) is 0.129. The minimum absolute atomic E-state index is 0.110. The molecule has 0 aromatic heterocycles. The van der Waals surface area contributed by atoms with E-state index in [4.69, 9.17) is 9.47 Å². The van der Waals surface area contributed by atoms with Gasteiger partial charge in [0.15, 0.2) is 0 Å². The molecule has 0 atom stereocenters. The van der Waals surface area contributed by atoms with Crippen molar-refractivity contribution in [2.75, 3.05) is 26.4 Å². The minimum atomic E-state index is -0.570. The number of hydrogen-bond donors (Lipinski definition) is 2. The Morgan fingerprint density at radius 1 is 0.333 bits per heavy atom. The number of benzene rings is 10. The summed E-state index contributed by atoms with van der Waals surface area (Å²) in [6.07, 6.45) is 0. The van der Waals surface area contributed by atoms with Gasteiger partial charge in [-0.2, -0.15) is 0 Å². The maximum atomic E-state index is 10.1. The smallest absolute Gasteiger partial charge is 0.135 e. The highest BCUT2D eigenvalue weighted by Crippen LogP contribution is 2.49.